The molecule has 1 atom stereocenters. The monoisotopic (exact) mass is 525 g/mol. The number of amides is 1. The molecule has 3 heterocycles. The molecular formula is C28H25BClN5O3. The fourth-order valence-corrected chi connectivity index (χ4v) is 5.33. The summed E-state index contributed by atoms with van der Waals surface area (Å²) in [5.74, 6) is 1.22. The second-order valence-electron chi connectivity index (χ2n) is 9.37. The van der Waals surface area contributed by atoms with Gasteiger partial charge in [0.15, 0.2) is 5.82 Å². The number of hydrogen-bond acceptors (Lipinski definition) is 6. The van der Waals surface area contributed by atoms with Crippen LogP contribution in [0.1, 0.15) is 47.7 Å². The number of aromatic nitrogens is 3. The van der Waals surface area contributed by atoms with Gasteiger partial charge in [0.25, 0.3) is 0 Å². The van der Waals surface area contributed by atoms with Crippen molar-refractivity contribution in [1.29, 1.82) is 0 Å². The van der Waals surface area contributed by atoms with Crippen molar-refractivity contribution < 1.29 is 14.5 Å². The van der Waals surface area contributed by atoms with E-state index >= 15 is 0 Å². The van der Waals surface area contributed by atoms with Crippen LogP contribution in [0, 0.1) is 6.92 Å². The lowest BCUT2D eigenvalue weighted by Gasteiger charge is -2.16. The zero-order valence-corrected chi connectivity index (χ0v) is 21.7. The fourth-order valence-electron chi connectivity index (χ4n) is 5.20. The normalized spacial score (nSPS) is 15.8. The molecule has 1 amide bonds. The Morgan fingerprint density at radius 1 is 1.13 bits per heavy atom. The van der Waals surface area contributed by atoms with E-state index in [-0.39, 0.29) is 12.3 Å². The van der Waals surface area contributed by atoms with Gasteiger partial charge in [-0.3, -0.25) is 14.4 Å². The lowest BCUT2D eigenvalue weighted by molar-refractivity contribution is -0.121. The summed E-state index contributed by atoms with van der Waals surface area (Å²) < 4.78 is 7.49. The molecule has 0 saturated carbocycles. The lowest BCUT2D eigenvalue weighted by Crippen LogP contribution is -2.27. The average Bonchev–Trinajstić information content (AvgIpc) is 3.45. The maximum absolute atomic E-state index is 12.7. The van der Waals surface area contributed by atoms with E-state index in [4.69, 9.17) is 21.2 Å². The molecule has 10 heteroatoms. The number of halogens is 1. The third-order valence-electron chi connectivity index (χ3n) is 6.97. The third-order valence-corrected chi connectivity index (χ3v) is 7.22. The average molecular weight is 526 g/mol. The highest BCUT2D eigenvalue weighted by molar-refractivity contribution is 6.61. The minimum atomic E-state index is -0.922. The van der Waals surface area contributed by atoms with Gasteiger partial charge in [-0.25, -0.2) is 0 Å². The zero-order chi connectivity index (χ0) is 26.4. The maximum atomic E-state index is 12.7. The van der Waals surface area contributed by atoms with Crippen molar-refractivity contribution in [3.63, 3.8) is 0 Å². The van der Waals surface area contributed by atoms with Crippen molar-refractivity contribution in [2.45, 2.75) is 32.9 Å². The predicted octanol–water partition coefficient (Wildman–Crippen LogP) is 3.53. The van der Waals surface area contributed by atoms with E-state index in [0.29, 0.717) is 29.8 Å². The van der Waals surface area contributed by atoms with Gasteiger partial charge < -0.3 is 15.0 Å². The van der Waals surface area contributed by atoms with E-state index < -0.39 is 13.2 Å². The molecule has 0 bridgehead atoms. The molecule has 2 aliphatic rings. The van der Waals surface area contributed by atoms with Crippen molar-refractivity contribution in [3.05, 3.63) is 94.0 Å². The minimum absolute atomic E-state index is 0.103. The Hall–Kier alpha value is -3.79. The molecule has 0 saturated heterocycles. The highest BCUT2D eigenvalue weighted by Gasteiger charge is 2.32. The Labute approximate surface area is 225 Å². The number of aliphatic imine (C=N–C) groups is 1. The predicted molar refractivity (Wildman–Crippen MR) is 147 cm³/mol. The standard InChI is InChI=1S/C28H25BClN5O3/c1-3-31-26(36)14-24-28-34-33-16(2)35(28)25-12-9-18(20-5-4-6-23-22(20)15-38-29(23)37)13-21(25)27(32-24)17-7-10-19(30)11-8-17/h4-13,24,37H,3,14-15H2,1-2H3,(H,31,36)/t24-/m0/s1. The van der Waals surface area contributed by atoms with Gasteiger partial charge in [0.1, 0.15) is 11.9 Å². The Kier molecular flexibility index (Phi) is 6.35. The van der Waals surface area contributed by atoms with Gasteiger partial charge in [-0.15, -0.1) is 10.2 Å². The van der Waals surface area contributed by atoms with Crippen LogP contribution in [-0.4, -0.2) is 45.1 Å². The Balaban J connectivity index is 1.58. The number of carbonyl (C=O) groups is 1. The van der Waals surface area contributed by atoms with E-state index in [1.165, 1.54) is 0 Å². The molecule has 4 aromatic rings. The van der Waals surface area contributed by atoms with Gasteiger partial charge in [-0.05, 0) is 60.3 Å². The first-order chi connectivity index (χ1) is 18.4. The van der Waals surface area contributed by atoms with Crippen molar-refractivity contribution in [3.8, 4) is 16.8 Å². The smallest absolute Gasteiger partial charge is 0.423 e. The Morgan fingerprint density at radius 2 is 1.92 bits per heavy atom. The van der Waals surface area contributed by atoms with Gasteiger partial charge in [0.2, 0.25) is 5.91 Å². The molecule has 0 aliphatic carbocycles. The van der Waals surface area contributed by atoms with Crippen LogP contribution in [0.4, 0.5) is 0 Å². The number of nitrogens with one attached hydrogen (secondary N) is 1. The minimum Gasteiger partial charge on any atom is -0.423 e. The third kappa shape index (κ3) is 4.22. The summed E-state index contributed by atoms with van der Waals surface area (Å²) in [7, 11) is -0.922. The van der Waals surface area contributed by atoms with Crippen molar-refractivity contribution in [1.82, 2.24) is 20.1 Å². The van der Waals surface area contributed by atoms with Crippen molar-refractivity contribution in [2.24, 2.45) is 4.99 Å². The molecule has 0 fully saturated rings. The summed E-state index contributed by atoms with van der Waals surface area (Å²) in [6, 6.07) is 19.0. The highest BCUT2D eigenvalue weighted by atomic mass is 35.5. The topological polar surface area (TPSA) is 102 Å². The quantitative estimate of drug-likeness (QED) is 0.388. The van der Waals surface area contributed by atoms with Crippen LogP contribution in [0.25, 0.3) is 16.8 Å². The molecule has 0 radical (unpaired) electrons. The molecule has 0 unspecified atom stereocenters. The first-order valence-corrected chi connectivity index (χ1v) is 12.9. The zero-order valence-electron chi connectivity index (χ0n) is 21.0. The van der Waals surface area contributed by atoms with E-state index in [9.17, 15) is 9.82 Å². The van der Waals surface area contributed by atoms with Crippen LogP contribution in [0.2, 0.25) is 5.02 Å². The molecule has 8 nitrogen and oxygen atoms in total. The van der Waals surface area contributed by atoms with Gasteiger partial charge in [-0.2, -0.15) is 0 Å². The second kappa shape index (κ2) is 9.83. The number of benzene rings is 3. The molecule has 3 aromatic carbocycles. The van der Waals surface area contributed by atoms with Crippen LogP contribution in [0.3, 0.4) is 0 Å². The summed E-state index contributed by atoms with van der Waals surface area (Å²) in [4.78, 5) is 17.8. The summed E-state index contributed by atoms with van der Waals surface area (Å²) >= 11 is 6.22. The van der Waals surface area contributed by atoms with Crippen molar-refractivity contribution >= 4 is 35.8 Å². The van der Waals surface area contributed by atoms with Gasteiger partial charge in [0.05, 0.1) is 24.4 Å². The van der Waals surface area contributed by atoms with Crippen LogP contribution in [0.15, 0.2) is 65.7 Å². The van der Waals surface area contributed by atoms with Gasteiger partial charge in [-0.1, -0.05) is 48.0 Å². The molecule has 38 heavy (non-hydrogen) atoms. The van der Waals surface area contributed by atoms with E-state index in [1.807, 2.05) is 73.0 Å². The van der Waals surface area contributed by atoms with Crippen LogP contribution in [0.5, 0.6) is 0 Å². The van der Waals surface area contributed by atoms with Crippen LogP contribution in [-0.2, 0) is 16.1 Å². The summed E-state index contributed by atoms with van der Waals surface area (Å²) in [5.41, 5.74) is 7.07. The van der Waals surface area contributed by atoms with Crippen LogP contribution < -0.4 is 10.8 Å². The Bertz CT molecular complexity index is 1580. The number of hydrogen-bond donors (Lipinski definition) is 2. The number of nitrogens with zero attached hydrogens (tertiary/aromatic N) is 4. The molecule has 2 aliphatic heterocycles. The maximum Gasteiger partial charge on any atom is 0.491 e. The first kappa shape index (κ1) is 24.5. The van der Waals surface area contributed by atoms with E-state index in [1.54, 1.807) is 0 Å². The highest BCUT2D eigenvalue weighted by Crippen LogP contribution is 2.36. The number of aryl methyl sites for hydroxylation is 1. The summed E-state index contributed by atoms with van der Waals surface area (Å²) in [6.07, 6.45) is 0.144. The van der Waals surface area contributed by atoms with Crippen LogP contribution >= 0.6 is 11.6 Å². The molecule has 190 valence electrons. The number of carbonyl (C=O) groups excluding carboxylic acids is 1. The lowest BCUT2D eigenvalue weighted by atomic mass is 9.77. The fraction of sp³-hybridized carbons (Fsp3) is 0.214. The second-order valence-corrected chi connectivity index (χ2v) is 9.80. The first-order valence-electron chi connectivity index (χ1n) is 12.5. The SMILES string of the molecule is CCNC(=O)C[C@@H]1N=C(c2ccc(Cl)cc2)c2cc(-c3cccc4c3COB4O)ccc2-n2c(C)nnc21. The van der Waals surface area contributed by atoms with E-state index in [2.05, 4.69) is 21.6 Å². The molecular weight excluding hydrogens is 501 g/mol. The molecule has 1 aromatic heterocycles. The van der Waals surface area contributed by atoms with Gasteiger partial charge >= 0.3 is 7.12 Å². The largest absolute Gasteiger partial charge is 0.491 e. The number of rotatable bonds is 5. The van der Waals surface area contributed by atoms with Crippen molar-refractivity contribution in [2.75, 3.05) is 6.54 Å². The molecule has 0 spiro atoms. The van der Waals surface area contributed by atoms with Gasteiger partial charge in [0, 0.05) is 22.7 Å². The van der Waals surface area contributed by atoms with E-state index in [0.717, 1.165) is 44.7 Å². The molecule has 2 N–H and O–H groups in total. The summed E-state index contributed by atoms with van der Waals surface area (Å²) in [5, 5.41) is 22.5. The number of fused-ring (bicyclic) bond motifs is 4. The summed E-state index contributed by atoms with van der Waals surface area (Å²) in [6.45, 7) is 4.66. The molecule has 6 rings (SSSR count). The Morgan fingerprint density at radius 3 is 2.71 bits per heavy atom.